The van der Waals surface area contributed by atoms with Gasteiger partial charge in [0.2, 0.25) is 0 Å². The standard InChI is InChI=1S/C12H13F3O2S/c1-17-10(16)9-3-2-8(18-9)4-5-11(6-7-11)12(13,14)15/h2-3H,4-7H2,1H3. The Kier molecular flexibility index (Phi) is 3.40. The van der Waals surface area contributed by atoms with Crippen LogP contribution in [-0.4, -0.2) is 19.3 Å². The third kappa shape index (κ3) is 2.53. The van der Waals surface area contributed by atoms with E-state index in [1.165, 1.54) is 18.4 Å². The molecule has 1 aliphatic rings. The van der Waals surface area contributed by atoms with Gasteiger partial charge in [-0.1, -0.05) is 0 Å². The zero-order valence-corrected chi connectivity index (χ0v) is 10.7. The summed E-state index contributed by atoms with van der Waals surface area (Å²) in [7, 11) is 1.28. The van der Waals surface area contributed by atoms with Gasteiger partial charge in [-0.2, -0.15) is 13.2 Å². The Morgan fingerprint density at radius 2 is 2.11 bits per heavy atom. The van der Waals surface area contributed by atoms with Crippen LogP contribution in [0.25, 0.3) is 0 Å². The first kappa shape index (κ1) is 13.4. The summed E-state index contributed by atoms with van der Waals surface area (Å²) >= 11 is 1.20. The molecule has 0 saturated heterocycles. The maximum absolute atomic E-state index is 12.7. The molecule has 0 unspecified atom stereocenters. The number of carbonyl (C=O) groups excluding carboxylic acids is 1. The highest BCUT2D eigenvalue weighted by Gasteiger charge is 2.62. The molecule has 0 radical (unpaired) electrons. The lowest BCUT2D eigenvalue weighted by molar-refractivity contribution is -0.188. The summed E-state index contributed by atoms with van der Waals surface area (Å²) < 4.78 is 42.7. The molecule has 1 fully saturated rings. The number of ether oxygens (including phenoxy) is 1. The zero-order chi connectivity index (χ0) is 13.4. The predicted molar refractivity (Wildman–Crippen MR) is 61.7 cm³/mol. The molecular weight excluding hydrogens is 265 g/mol. The lowest BCUT2D eigenvalue weighted by Crippen LogP contribution is -2.24. The summed E-state index contributed by atoms with van der Waals surface area (Å²) in [6, 6.07) is 3.29. The van der Waals surface area contributed by atoms with Gasteiger partial charge < -0.3 is 4.74 Å². The molecule has 0 spiro atoms. The van der Waals surface area contributed by atoms with Gasteiger partial charge in [-0.05, 0) is 37.8 Å². The quantitative estimate of drug-likeness (QED) is 0.783. The molecule has 0 aliphatic heterocycles. The topological polar surface area (TPSA) is 26.3 Å². The first-order valence-electron chi connectivity index (χ1n) is 5.62. The Labute approximate surface area is 107 Å². The van der Waals surface area contributed by atoms with Crippen LogP contribution in [0.3, 0.4) is 0 Å². The summed E-state index contributed by atoms with van der Waals surface area (Å²) in [5.41, 5.74) is -1.47. The van der Waals surface area contributed by atoms with Crippen molar-refractivity contribution in [1.82, 2.24) is 0 Å². The van der Waals surface area contributed by atoms with Crippen LogP contribution in [-0.2, 0) is 11.2 Å². The molecule has 0 atom stereocenters. The minimum atomic E-state index is -4.10. The van der Waals surface area contributed by atoms with E-state index in [2.05, 4.69) is 4.74 Å². The van der Waals surface area contributed by atoms with Crippen molar-refractivity contribution in [2.24, 2.45) is 5.41 Å². The van der Waals surface area contributed by atoms with E-state index < -0.39 is 17.6 Å². The van der Waals surface area contributed by atoms with Gasteiger partial charge in [0.05, 0.1) is 12.5 Å². The van der Waals surface area contributed by atoms with Crippen molar-refractivity contribution in [3.8, 4) is 0 Å². The number of esters is 1. The summed E-state index contributed by atoms with van der Waals surface area (Å²) in [6.07, 6.45) is -3.17. The second-order valence-corrected chi connectivity index (χ2v) is 5.70. The van der Waals surface area contributed by atoms with Crippen molar-refractivity contribution >= 4 is 17.3 Å². The number of halogens is 3. The van der Waals surface area contributed by atoms with Crippen LogP contribution in [0, 0.1) is 5.41 Å². The van der Waals surface area contributed by atoms with E-state index in [1.54, 1.807) is 12.1 Å². The Morgan fingerprint density at radius 1 is 1.44 bits per heavy atom. The molecule has 2 rings (SSSR count). The highest BCUT2D eigenvalue weighted by Crippen LogP contribution is 2.60. The fraction of sp³-hybridized carbons (Fsp3) is 0.583. The van der Waals surface area contributed by atoms with Crippen molar-refractivity contribution < 1.29 is 22.7 Å². The molecule has 1 aromatic rings. The largest absolute Gasteiger partial charge is 0.465 e. The summed E-state index contributed by atoms with van der Waals surface area (Å²) in [5, 5.41) is 0. The molecule has 2 nitrogen and oxygen atoms in total. The fourth-order valence-corrected chi connectivity index (χ4v) is 2.84. The Balaban J connectivity index is 1.95. The lowest BCUT2D eigenvalue weighted by Gasteiger charge is -2.18. The molecule has 1 aliphatic carbocycles. The van der Waals surface area contributed by atoms with E-state index in [0.29, 0.717) is 11.3 Å². The summed E-state index contributed by atoms with van der Waals surface area (Å²) in [4.78, 5) is 12.4. The Bertz CT molecular complexity index is 446. The SMILES string of the molecule is COC(=O)c1ccc(CCC2(C(F)(F)F)CC2)s1. The number of hydrogen-bond donors (Lipinski definition) is 0. The van der Waals surface area contributed by atoms with Crippen molar-refractivity contribution in [1.29, 1.82) is 0 Å². The van der Waals surface area contributed by atoms with E-state index in [9.17, 15) is 18.0 Å². The summed E-state index contributed by atoms with van der Waals surface area (Å²) in [6.45, 7) is 0. The minimum Gasteiger partial charge on any atom is -0.465 e. The maximum Gasteiger partial charge on any atom is 0.394 e. The van der Waals surface area contributed by atoms with Gasteiger partial charge in [-0.3, -0.25) is 0 Å². The number of hydrogen-bond acceptors (Lipinski definition) is 3. The average molecular weight is 278 g/mol. The third-order valence-electron chi connectivity index (χ3n) is 3.35. The second kappa shape index (κ2) is 4.57. The third-order valence-corrected chi connectivity index (χ3v) is 4.48. The Hall–Kier alpha value is -1.04. The summed E-state index contributed by atoms with van der Waals surface area (Å²) in [5.74, 6) is -0.441. The van der Waals surface area contributed by atoms with Crippen LogP contribution in [0.1, 0.15) is 33.8 Å². The molecule has 0 amide bonds. The van der Waals surface area contributed by atoms with Crippen LogP contribution in [0.4, 0.5) is 13.2 Å². The van der Waals surface area contributed by atoms with Gasteiger partial charge in [-0.15, -0.1) is 11.3 Å². The fourth-order valence-electron chi connectivity index (χ4n) is 1.91. The molecule has 1 heterocycles. The average Bonchev–Trinajstić information content (AvgIpc) is 2.97. The van der Waals surface area contributed by atoms with Crippen molar-refractivity contribution in [3.63, 3.8) is 0 Å². The highest BCUT2D eigenvalue weighted by atomic mass is 32.1. The maximum atomic E-state index is 12.7. The molecule has 0 aromatic carbocycles. The molecule has 0 N–H and O–H groups in total. The van der Waals surface area contributed by atoms with Gasteiger partial charge >= 0.3 is 12.1 Å². The molecule has 0 bridgehead atoms. The van der Waals surface area contributed by atoms with Gasteiger partial charge in [0, 0.05) is 4.88 Å². The number of alkyl halides is 3. The van der Waals surface area contributed by atoms with Crippen LogP contribution in [0.5, 0.6) is 0 Å². The van der Waals surface area contributed by atoms with Crippen LogP contribution >= 0.6 is 11.3 Å². The number of methoxy groups -OCH3 is 1. The normalized spacial score (nSPS) is 17.6. The molecule has 100 valence electrons. The number of carbonyl (C=O) groups is 1. The van der Waals surface area contributed by atoms with Crippen LogP contribution < -0.4 is 0 Å². The molecule has 1 saturated carbocycles. The van der Waals surface area contributed by atoms with Gasteiger partial charge in [0.1, 0.15) is 4.88 Å². The molecule has 18 heavy (non-hydrogen) atoms. The molecule has 6 heteroatoms. The van der Waals surface area contributed by atoms with E-state index >= 15 is 0 Å². The van der Waals surface area contributed by atoms with Gasteiger partial charge in [0.25, 0.3) is 0 Å². The van der Waals surface area contributed by atoms with Crippen molar-refractivity contribution in [2.45, 2.75) is 31.9 Å². The predicted octanol–water partition coefficient (Wildman–Crippen LogP) is 3.81. The first-order chi connectivity index (χ1) is 8.38. The lowest BCUT2D eigenvalue weighted by atomic mass is 9.99. The first-order valence-corrected chi connectivity index (χ1v) is 6.43. The minimum absolute atomic E-state index is 0.109. The van der Waals surface area contributed by atoms with E-state index in [0.717, 1.165) is 4.88 Å². The van der Waals surface area contributed by atoms with Crippen molar-refractivity contribution in [2.75, 3.05) is 7.11 Å². The smallest absolute Gasteiger partial charge is 0.394 e. The monoisotopic (exact) mass is 278 g/mol. The van der Waals surface area contributed by atoms with E-state index in [-0.39, 0.29) is 19.3 Å². The second-order valence-electron chi connectivity index (χ2n) is 4.54. The van der Waals surface area contributed by atoms with Gasteiger partial charge in [-0.25, -0.2) is 4.79 Å². The molecular formula is C12H13F3O2S. The van der Waals surface area contributed by atoms with Crippen LogP contribution in [0.2, 0.25) is 0 Å². The number of rotatable bonds is 4. The van der Waals surface area contributed by atoms with E-state index in [1.807, 2.05) is 0 Å². The molecule has 1 aromatic heterocycles. The number of aryl methyl sites for hydroxylation is 1. The highest BCUT2D eigenvalue weighted by molar-refractivity contribution is 7.13. The van der Waals surface area contributed by atoms with Crippen molar-refractivity contribution in [3.05, 3.63) is 21.9 Å². The Morgan fingerprint density at radius 3 is 2.61 bits per heavy atom. The van der Waals surface area contributed by atoms with Crippen LogP contribution in [0.15, 0.2) is 12.1 Å². The van der Waals surface area contributed by atoms with Gasteiger partial charge in [0.15, 0.2) is 0 Å². The zero-order valence-electron chi connectivity index (χ0n) is 9.84. The number of thiophene rings is 1. The van der Waals surface area contributed by atoms with E-state index in [4.69, 9.17) is 0 Å².